The lowest BCUT2D eigenvalue weighted by Gasteiger charge is -2.29. The van der Waals surface area contributed by atoms with Gasteiger partial charge in [-0.2, -0.15) is 26.3 Å². The summed E-state index contributed by atoms with van der Waals surface area (Å²) in [5.41, 5.74) is -0.142. The fourth-order valence-electron chi connectivity index (χ4n) is 2.04. The SMILES string of the molecule is Cc1cc(F)cc(C)c1C(Br)C(C(F)(F)F)C(F)(F)F. The molecule has 0 saturated heterocycles. The van der Waals surface area contributed by atoms with E-state index in [4.69, 9.17) is 0 Å². The van der Waals surface area contributed by atoms with Crippen LogP contribution in [0.25, 0.3) is 0 Å². The van der Waals surface area contributed by atoms with Crippen LogP contribution in [0.5, 0.6) is 0 Å². The van der Waals surface area contributed by atoms with Crippen molar-refractivity contribution in [1.29, 1.82) is 0 Å². The normalized spacial score (nSPS) is 14.8. The van der Waals surface area contributed by atoms with Crippen molar-refractivity contribution in [2.75, 3.05) is 0 Å². The Morgan fingerprint density at radius 3 is 1.55 bits per heavy atom. The number of hydrogen-bond acceptors (Lipinski definition) is 0. The van der Waals surface area contributed by atoms with E-state index in [0.717, 1.165) is 12.1 Å². The maximum Gasteiger partial charge on any atom is 0.401 e. The minimum Gasteiger partial charge on any atom is -0.207 e. The summed E-state index contributed by atoms with van der Waals surface area (Å²) in [4.78, 5) is -2.02. The van der Waals surface area contributed by atoms with Gasteiger partial charge in [-0.1, -0.05) is 15.9 Å². The number of hydrogen-bond donors (Lipinski definition) is 0. The number of aryl methyl sites for hydroxylation is 2. The first-order chi connectivity index (χ1) is 8.85. The minimum absolute atomic E-state index is 0.0304. The van der Waals surface area contributed by atoms with Crippen molar-refractivity contribution in [3.8, 4) is 0 Å². The molecule has 0 aromatic heterocycles. The van der Waals surface area contributed by atoms with Crippen molar-refractivity contribution in [2.24, 2.45) is 5.92 Å². The first-order valence-corrected chi connectivity index (χ1v) is 6.31. The lowest BCUT2D eigenvalue weighted by Crippen LogP contribution is -2.39. The maximum absolute atomic E-state index is 13.1. The van der Waals surface area contributed by atoms with Crippen LogP contribution >= 0.6 is 15.9 Å². The van der Waals surface area contributed by atoms with Gasteiger partial charge >= 0.3 is 12.4 Å². The van der Waals surface area contributed by atoms with Gasteiger partial charge in [0.05, 0.1) is 4.83 Å². The molecule has 0 heterocycles. The Bertz CT molecular complexity index is 453. The molecule has 0 spiro atoms. The van der Waals surface area contributed by atoms with Gasteiger partial charge in [0.25, 0.3) is 0 Å². The predicted octanol–water partition coefficient (Wildman–Crippen LogP) is 5.62. The van der Waals surface area contributed by atoms with Crippen LogP contribution in [0.1, 0.15) is 21.5 Å². The Hall–Kier alpha value is -0.790. The summed E-state index contributed by atoms with van der Waals surface area (Å²) in [6.07, 6.45) is -10.9. The second-order valence-electron chi connectivity index (χ2n) is 4.42. The third-order valence-corrected chi connectivity index (χ3v) is 3.82. The first-order valence-electron chi connectivity index (χ1n) is 5.40. The van der Waals surface area contributed by atoms with E-state index < -0.39 is 28.9 Å². The third kappa shape index (κ3) is 3.65. The molecule has 1 atom stereocenters. The lowest BCUT2D eigenvalue weighted by molar-refractivity contribution is -0.283. The highest BCUT2D eigenvalue weighted by Crippen LogP contribution is 2.51. The highest BCUT2D eigenvalue weighted by Gasteiger charge is 2.60. The molecule has 0 saturated carbocycles. The van der Waals surface area contributed by atoms with Crippen molar-refractivity contribution in [1.82, 2.24) is 0 Å². The second kappa shape index (κ2) is 5.54. The topological polar surface area (TPSA) is 0 Å². The van der Waals surface area contributed by atoms with Gasteiger partial charge in [-0.3, -0.25) is 0 Å². The van der Waals surface area contributed by atoms with Gasteiger partial charge in [0.2, 0.25) is 0 Å². The van der Waals surface area contributed by atoms with Gasteiger partial charge in [-0.25, -0.2) is 4.39 Å². The van der Waals surface area contributed by atoms with Crippen LogP contribution in [0.4, 0.5) is 30.7 Å². The van der Waals surface area contributed by atoms with Crippen molar-refractivity contribution in [3.63, 3.8) is 0 Å². The fourth-order valence-corrected chi connectivity index (χ4v) is 3.36. The van der Waals surface area contributed by atoms with E-state index in [1.54, 1.807) is 0 Å². The van der Waals surface area contributed by atoms with Crippen LogP contribution in [0.2, 0.25) is 0 Å². The van der Waals surface area contributed by atoms with Crippen LogP contribution in [0.3, 0.4) is 0 Å². The van der Waals surface area contributed by atoms with Gasteiger partial charge < -0.3 is 0 Å². The Morgan fingerprint density at radius 2 is 1.25 bits per heavy atom. The zero-order chi connectivity index (χ0) is 15.9. The molecule has 0 bridgehead atoms. The van der Waals surface area contributed by atoms with E-state index in [-0.39, 0.29) is 16.7 Å². The van der Waals surface area contributed by atoms with Crippen molar-refractivity contribution < 1.29 is 30.7 Å². The predicted molar refractivity (Wildman–Crippen MR) is 63.1 cm³/mol. The van der Waals surface area contributed by atoms with E-state index in [2.05, 4.69) is 15.9 Å². The summed E-state index contributed by atoms with van der Waals surface area (Å²) in [6.45, 7) is 2.53. The minimum atomic E-state index is -5.46. The molecule has 114 valence electrons. The number of benzene rings is 1. The summed E-state index contributed by atoms with van der Waals surface area (Å²) >= 11 is 2.49. The largest absolute Gasteiger partial charge is 0.401 e. The Kier molecular flexibility index (Phi) is 4.78. The molecule has 0 aliphatic rings. The zero-order valence-corrected chi connectivity index (χ0v) is 11.9. The summed E-state index contributed by atoms with van der Waals surface area (Å²) in [7, 11) is 0. The van der Waals surface area contributed by atoms with Crippen LogP contribution in [0, 0.1) is 25.6 Å². The zero-order valence-electron chi connectivity index (χ0n) is 10.3. The van der Waals surface area contributed by atoms with E-state index in [1.165, 1.54) is 13.8 Å². The van der Waals surface area contributed by atoms with Crippen LogP contribution < -0.4 is 0 Å². The van der Waals surface area contributed by atoms with Gasteiger partial charge in [0, 0.05) is 0 Å². The molecule has 0 fully saturated rings. The average Bonchev–Trinajstić information content (AvgIpc) is 2.09. The summed E-state index contributed by atoms with van der Waals surface area (Å²) in [5.74, 6) is -4.27. The van der Waals surface area contributed by atoms with Crippen molar-refractivity contribution >= 4 is 15.9 Å². The smallest absolute Gasteiger partial charge is 0.207 e. The molecule has 0 aliphatic carbocycles. The van der Waals surface area contributed by atoms with E-state index in [9.17, 15) is 30.7 Å². The Labute approximate surface area is 119 Å². The standard InChI is InChI=1S/C12H10BrF7/c1-5-3-7(14)4-6(2)8(5)9(13)10(11(15,16)17)12(18,19)20/h3-4,9-10H,1-2H3. The van der Waals surface area contributed by atoms with Gasteiger partial charge in [0.15, 0.2) is 5.92 Å². The van der Waals surface area contributed by atoms with Gasteiger partial charge in [-0.15, -0.1) is 0 Å². The highest BCUT2D eigenvalue weighted by molar-refractivity contribution is 9.09. The summed E-state index contributed by atoms with van der Waals surface area (Å²) in [6, 6.07) is 1.81. The molecule has 1 aromatic carbocycles. The molecule has 0 amide bonds. The molecule has 1 rings (SSSR count). The molecule has 0 N–H and O–H groups in total. The third-order valence-electron chi connectivity index (χ3n) is 2.83. The van der Waals surface area contributed by atoms with Crippen molar-refractivity contribution in [2.45, 2.75) is 31.0 Å². The fraction of sp³-hybridized carbons (Fsp3) is 0.500. The van der Waals surface area contributed by atoms with E-state index in [0.29, 0.717) is 0 Å². The highest BCUT2D eigenvalue weighted by atomic mass is 79.9. The summed E-state index contributed by atoms with van der Waals surface area (Å²) < 4.78 is 89.1. The van der Waals surface area contributed by atoms with Crippen molar-refractivity contribution in [3.05, 3.63) is 34.6 Å². The maximum atomic E-state index is 13.1. The first kappa shape index (κ1) is 17.3. The van der Waals surface area contributed by atoms with Crippen LogP contribution in [0.15, 0.2) is 12.1 Å². The van der Waals surface area contributed by atoms with E-state index >= 15 is 0 Å². The number of halogens is 8. The molecule has 1 unspecified atom stereocenters. The van der Waals surface area contributed by atoms with Gasteiger partial charge in [-0.05, 0) is 42.7 Å². The van der Waals surface area contributed by atoms with E-state index in [1.807, 2.05) is 0 Å². The van der Waals surface area contributed by atoms with Crippen LogP contribution in [-0.2, 0) is 0 Å². The second-order valence-corrected chi connectivity index (χ2v) is 5.40. The molecule has 0 radical (unpaired) electrons. The number of rotatable bonds is 2. The van der Waals surface area contributed by atoms with Crippen LogP contribution in [-0.4, -0.2) is 12.4 Å². The molecule has 1 aromatic rings. The monoisotopic (exact) mass is 366 g/mol. The molecule has 0 aliphatic heterocycles. The average molecular weight is 367 g/mol. The number of alkyl halides is 7. The molecule has 0 nitrogen and oxygen atoms in total. The molecular formula is C12H10BrF7. The summed E-state index contributed by atoms with van der Waals surface area (Å²) in [5, 5.41) is 0. The molecule has 8 heteroatoms. The molecular weight excluding hydrogens is 357 g/mol. The Morgan fingerprint density at radius 1 is 0.900 bits per heavy atom. The van der Waals surface area contributed by atoms with Gasteiger partial charge in [0.1, 0.15) is 5.82 Å². The molecule has 20 heavy (non-hydrogen) atoms. The lowest BCUT2D eigenvalue weighted by atomic mass is 9.91. The quantitative estimate of drug-likeness (QED) is 0.470. The Balaban J connectivity index is 3.38.